The van der Waals surface area contributed by atoms with Crippen LogP contribution < -0.4 is 11.1 Å². The molecule has 3 aliphatic rings. The molecule has 3 aromatic heterocycles. The highest BCUT2D eigenvalue weighted by molar-refractivity contribution is 7.19. The number of pyridine rings is 2. The molecule has 10 heteroatoms. The van der Waals surface area contributed by atoms with Gasteiger partial charge >= 0.3 is 0 Å². The summed E-state index contributed by atoms with van der Waals surface area (Å²) in [6.07, 6.45) is 1.66. The molecule has 9 nitrogen and oxygen atoms in total. The molecule has 0 spiro atoms. The van der Waals surface area contributed by atoms with E-state index in [1.807, 2.05) is 26.0 Å². The van der Waals surface area contributed by atoms with Crippen molar-refractivity contribution in [2.75, 3.05) is 13.1 Å². The lowest BCUT2D eigenvalue weighted by molar-refractivity contribution is -0.143. The Morgan fingerprint density at radius 3 is 2.58 bits per heavy atom. The van der Waals surface area contributed by atoms with Gasteiger partial charge in [0.15, 0.2) is 0 Å². The first kappa shape index (κ1) is 22.8. The van der Waals surface area contributed by atoms with Crippen LogP contribution in [0.2, 0.25) is 0 Å². The van der Waals surface area contributed by atoms with Crippen molar-refractivity contribution in [2.45, 2.75) is 33.2 Å². The van der Waals surface area contributed by atoms with E-state index in [-0.39, 0.29) is 47.2 Å². The number of amides is 3. The molecule has 0 aromatic carbocycles. The molecule has 3 N–H and O–H groups in total. The summed E-state index contributed by atoms with van der Waals surface area (Å²) < 4.78 is 0.808. The first-order valence-electron chi connectivity index (χ1n) is 11.8. The Hall–Kier alpha value is -3.68. The topological polar surface area (TPSA) is 142 Å². The van der Waals surface area contributed by atoms with Crippen molar-refractivity contribution in [1.29, 1.82) is 5.26 Å². The first-order chi connectivity index (χ1) is 17.1. The molecule has 3 fully saturated rings. The second-order valence-electron chi connectivity index (χ2n) is 10.4. The number of hydrogen-bond acceptors (Lipinski definition) is 8. The predicted molar refractivity (Wildman–Crippen MR) is 133 cm³/mol. The summed E-state index contributed by atoms with van der Waals surface area (Å²) in [5, 5.41) is 13.1. The summed E-state index contributed by atoms with van der Waals surface area (Å²) in [6.45, 7) is 7.15. The average Bonchev–Trinajstić information content (AvgIpc) is 3.04. The van der Waals surface area contributed by atoms with E-state index in [0.717, 1.165) is 15.1 Å². The number of primary amides is 1. The van der Waals surface area contributed by atoms with Crippen LogP contribution in [0.4, 0.5) is 0 Å². The summed E-state index contributed by atoms with van der Waals surface area (Å²) >= 11 is 1.43. The minimum Gasteiger partial charge on any atom is -0.366 e. The van der Waals surface area contributed by atoms with Gasteiger partial charge in [-0.1, -0.05) is 13.8 Å². The van der Waals surface area contributed by atoms with Gasteiger partial charge in [-0.2, -0.15) is 5.26 Å². The molecule has 0 bridgehead atoms. The second-order valence-corrected chi connectivity index (χ2v) is 11.5. The number of thiophene rings is 1. The highest BCUT2D eigenvalue weighted by atomic mass is 32.1. The minimum atomic E-state index is -0.607. The zero-order valence-electron chi connectivity index (χ0n) is 20.1. The molecule has 2 unspecified atom stereocenters. The van der Waals surface area contributed by atoms with Gasteiger partial charge in [-0.3, -0.25) is 24.3 Å². The van der Waals surface area contributed by atoms with Gasteiger partial charge in [0.05, 0.1) is 39.9 Å². The standard InChI is InChI=1S/C26H24N6O3S/c1-11-17(23(28)33)19(18(12-8-29-9-12)16(7-27)31-11)14-4-5-30-15-6-13(36-22(14)15)10-32-24(34)20-21(25(32)35)26(20,2)3/h4-6,12,20-21,29H,8-10H2,1-3H3,(H2,28,33). The monoisotopic (exact) mass is 500 g/mol. The molecule has 6 rings (SSSR count). The number of aromatic nitrogens is 2. The highest BCUT2D eigenvalue weighted by Gasteiger charge is 2.72. The van der Waals surface area contributed by atoms with Crippen molar-refractivity contribution in [3.05, 3.63) is 45.7 Å². The Balaban J connectivity index is 1.48. The number of nitriles is 1. The van der Waals surface area contributed by atoms with E-state index in [4.69, 9.17) is 5.73 Å². The van der Waals surface area contributed by atoms with Gasteiger partial charge in [0, 0.05) is 46.8 Å². The lowest BCUT2D eigenvalue weighted by atomic mass is 9.83. The molecule has 2 saturated heterocycles. The Labute approximate surface area is 211 Å². The van der Waals surface area contributed by atoms with Crippen LogP contribution in [0.5, 0.6) is 0 Å². The molecular weight excluding hydrogens is 476 g/mol. The van der Waals surface area contributed by atoms with Gasteiger partial charge < -0.3 is 11.1 Å². The van der Waals surface area contributed by atoms with E-state index in [0.29, 0.717) is 41.0 Å². The quantitative estimate of drug-likeness (QED) is 0.513. The third kappa shape index (κ3) is 3.06. The van der Waals surface area contributed by atoms with Gasteiger partial charge in [-0.05, 0) is 24.5 Å². The van der Waals surface area contributed by atoms with E-state index in [9.17, 15) is 19.6 Å². The number of piperidine rings is 1. The first-order valence-corrected chi connectivity index (χ1v) is 12.6. The number of hydrogen-bond donors (Lipinski definition) is 2. The fraction of sp³-hybridized carbons (Fsp3) is 0.385. The summed E-state index contributed by atoms with van der Waals surface area (Å²) in [5.41, 5.74) is 9.34. The van der Waals surface area contributed by atoms with Crippen LogP contribution in [0.25, 0.3) is 21.3 Å². The molecule has 0 radical (unpaired) electrons. The van der Waals surface area contributed by atoms with E-state index >= 15 is 0 Å². The number of fused-ring (bicyclic) bond motifs is 2. The van der Waals surface area contributed by atoms with Crippen LogP contribution >= 0.6 is 11.3 Å². The third-order valence-corrected chi connectivity index (χ3v) is 9.04. The fourth-order valence-electron chi connectivity index (χ4n) is 5.85. The number of carbonyl (C=O) groups is 3. The highest BCUT2D eigenvalue weighted by Crippen LogP contribution is 2.63. The number of likely N-dealkylation sites (tertiary alicyclic amines) is 1. The van der Waals surface area contributed by atoms with Gasteiger partial charge in [-0.25, -0.2) is 4.98 Å². The number of carbonyl (C=O) groups excluding carboxylic acids is 3. The van der Waals surface area contributed by atoms with Crippen molar-refractivity contribution in [1.82, 2.24) is 20.2 Å². The van der Waals surface area contributed by atoms with Crippen LogP contribution in [0.1, 0.15) is 52.0 Å². The molecule has 5 heterocycles. The maximum atomic E-state index is 12.9. The molecule has 1 saturated carbocycles. The van der Waals surface area contributed by atoms with E-state index in [2.05, 4.69) is 21.4 Å². The maximum Gasteiger partial charge on any atom is 0.251 e. The smallest absolute Gasteiger partial charge is 0.251 e. The van der Waals surface area contributed by atoms with Gasteiger partial charge in [0.2, 0.25) is 11.8 Å². The van der Waals surface area contributed by atoms with Crippen molar-refractivity contribution < 1.29 is 14.4 Å². The molecular formula is C26H24N6O3S. The van der Waals surface area contributed by atoms with Crippen molar-refractivity contribution in [3.8, 4) is 17.2 Å². The summed E-state index contributed by atoms with van der Waals surface area (Å²) in [5.74, 6) is -1.26. The minimum absolute atomic E-state index is 0.0263. The lowest BCUT2D eigenvalue weighted by Crippen LogP contribution is -2.41. The lowest BCUT2D eigenvalue weighted by Gasteiger charge is -2.31. The second kappa shape index (κ2) is 7.66. The van der Waals surface area contributed by atoms with E-state index < -0.39 is 5.91 Å². The fourth-order valence-corrected chi connectivity index (χ4v) is 6.98. The van der Waals surface area contributed by atoms with Crippen LogP contribution in [-0.2, 0) is 16.1 Å². The molecule has 3 amide bonds. The van der Waals surface area contributed by atoms with Gasteiger partial charge in [-0.15, -0.1) is 11.3 Å². The zero-order chi connectivity index (χ0) is 25.5. The Kier molecular flexibility index (Phi) is 4.84. The third-order valence-electron chi connectivity index (χ3n) is 7.90. The van der Waals surface area contributed by atoms with Crippen LogP contribution in [-0.4, -0.2) is 45.7 Å². The number of imide groups is 1. The SMILES string of the molecule is Cc1nc(C#N)c(C2CNC2)c(-c2ccnc3cc(CN4C(=O)C5C(C4=O)C5(C)C)sc23)c1C(N)=O. The Bertz CT molecular complexity index is 1520. The van der Waals surface area contributed by atoms with Crippen molar-refractivity contribution in [2.24, 2.45) is 23.0 Å². The predicted octanol–water partition coefficient (Wildman–Crippen LogP) is 2.47. The molecule has 3 aromatic rings. The Morgan fingerprint density at radius 2 is 2.00 bits per heavy atom. The largest absolute Gasteiger partial charge is 0.366 e. The summed E-state index contributed by atoms with van der Waals surface area (Å²) in [7, 11) is 0. The number of aryl methyl sites for hydroxylation is 1. The number of rotatable bonds is 5. The molecule has 182 valence electrons. The Morgan fingerprint density at radius 1 is 1.31 bits per heavy atom. The van der Waals surface area contributed by atoms with Crippen LogP contribution in [0.3, 0.4) is 0 Å². The van der Waals surface area contributed by atoms with Crippen molar-refractivity contribution >= 4 is 39.3 Å². The van der Waals surface area contributed by atoms with Gasteiger partial charge in [0.1, 0.15) is 11.8 Å². The summed E-state index contributed by atoms with van der Waals surface area (Å²) in [4.78, 5) is 49.5. The van der Waals surface area contributed by atoms with Gasteiger partial charge in [0.25, 0.3) is 5.91 Å². The molecule has 36 heavy (non-hydrogen) atoms. The maximum absolute atomic E-state index is 12.9. The number of nitrogens with one attached hydrogen (secondary N) is 1. The molecule has 1 aliphatic carbocycles. The number of nitrogens with two attached hydrogens (primary N) is 1. The van der Waals surface area contributed by atoms with Crippen molar-refractivity contribution in [3.63, 3.8) is 0 Å². The van der Waals surface area contributed by atoms with E-state index in [1.165, 1.54) is 16.2 Å². The normalized spacial score (nSPS) is 22.4. The van der Waals surface area contributed by atoms with E-state index in [1.54, 1.807) is 13.1 Å². The van der Waals surface area contributed by atoms with Crippen LogP contribution in [0, 0.1) is 35.5 Å². The summed E-state index contributed by atoms with van der Waals surface area (Å²) in [6, 6.07) is 5.91. The number of nitrogens with zero attached hydrogens (tertiary/aromatic N) is 4. The molecule has 2 atom stereocenters. The van der Waals surface area contributed by atoms with Crippen LogP contribution in [0.15, 0.2) is 18.3 Å². The molecule has 2 aliphatic heterocycles. The average molecular weight is 501 g/mol. The zero-order valence-corrected chi connectivity index (χ0v) is 20.9.